The van der Waals surface area contributed by atoms with Gasteiger partial charge in [-0.1, -0.05) is 6.07 Å². The van der Waals surface area contributed by atoms with E-state index in [1.807, 2.05) is 14.0 Å². The minimum atomic E-state index is -0.443. The zero-order chi connectivity index (χ0) is 14.3. The number of fused-ring (bicyclic) bond motifs is 2. The Balaban J connectivity index is 1.78. The first-order valence-electron chi connectivity index (χ1n) is 7.48. The fraction of sp³-hybridized carbons (Fsp3) is 0.625. The van der Waals surface area contributed by atoms with E-state index in [1.165, 1.54) is 31.0 Å². The Bertz CT molecular complexity index is 459. The number of nitrogens with one attached hydrogen (secondary N) is 1. The van der Waals surface area contributed by atoms with Crippen LogP contribution in [0.3, 0.4) is 0 Å². The molecule has 1 N–H and O–H groups in total. The molecule has 2 saturated heterocycles. The normalized spacial score (nSPS) is 30.8. The van der Waals surface area contributed by atoms with E-state index < -0.39 is 11.6 Å². The van der Waals surface area contributed by atoms with Crippen molar-refractivity contribution in [1.29, 1.82) is 0 Å². The first kappa shape index (κ1) is 14.0. The predicted molar refractivity (Wildman–Crippen MR) is 75.5 cm³/mol. The maximum absolute atomic E-state index is 13.9. The molecule has 2 aliphatic heterocycles. The molecule has 4 heteroatoms. The zero-order valence-electron chi connectivity index (χ0n) is 12.1. The van der Waals surface area contributed by atoms with Crippen LogP contribution < -0.4 is 5.32 Å². The quantitative estimate of drug-likeness (QED) is 0.914. The molecule has 0 aliphatic carbocycles. The molecule has 20 heavy (non-hydrogen) atoms. The number of halogens is 2. The minimum Gasteiger partial charge on any atom is -0.311 e. The highest BCUT2D eigenvalue weighted by Crippen LogP contribution is 2.34. The van der Waals surface area contributed by atoms with Gasteiger partial charge in [-0.05, 0) is 51.8 Å². The van der Waals surface area contributed by atoms with Crippen LogP contribution in [0.1, 0.15) is 44.2 Å². The summed E-state index contributed by atoms with van der Waals surface area (Å²) in [5.41, 5.74) is 0.195. The second-order valence-corrected chi connectivity index (χ2v) is 6.24. The largest absolute Gasteiger partial charge is 0.311 e. The van der Waals surface area contributed by atoms with Crippen molar-refractivity contribution in [3.63, 3.8) is 0 Å². The van der Waals surface area contributed by atoms with Crippen LogP contribution in [0, 0.1) is 11.6 Å². The molecule has 3 unspecified atom stereocenters. The highest BCUT2D eigenvalue weighted by Gasteiger charge is 2.36. The Labute approximate surface area is 119 Å². The minimum absolute atomic E-state index is 0.195. The standard InChI is InChI=1S/C16H22F2N2/c1-10(16-14(17)4-3-5-15(16)18)20(2)13-8-11-6-7-12(9-13)19-11/h3-5,10-13,19H,6-9H2,1-2H3. The molecule has 0 saturated carbocycles. The third-order valence-corrected chi connectivity index (χ3v) is 5.05. The van der Waals surface area contributed by atoms with Crippen LogP contribution in [-0.4, -0.2) is 30.1 Å². The van der Waals surface area contributed by atoms with Crippen LogP contribution >= 0.6 is 0 Å². The molecule has 2 aliphatic rings. The summed E-state index contributed by atoms with van der Waals surface area (Å²) in [6.07, 6.45) is 4.62. The van der Waals surface area contributed by atoms with Crippen LogP contribution in [0.2, 0.25) is 0 Å². The first-order valence-corrected chi connectivity index (χ1v) is 7.48. The van der Waals surface area contributed by atoms with Crippen LogP contribution in [0.4, 0.5) is 8.78 Å². The first-order chi connectivity index (χ1) is 9.56. The Morgan fingerprint density at radius 2 is 1.70 bits per heavy atom. The van der Waals surface area contributed by atoms with Gasteiger partial charge < -0.3 is 5.32 Å². The van der Waals surface area contributed by atoms with Crippen LogP contribution in [0.25, 0.3) is 0 Å². The Kier molecular flexibility index (Phi) is 3.78. The zero-order valence-corrected chi connectivity index (χ0v) is 12.1. The summed E-state index contributed by atoms with van der Waals surface area (Å²) < 4.78 is 27.8. The third-order valence-electron chi connectivity index (χ3n) is 5.05. The highest BCUT2D eigenvalue weighted by molar-refractivity contribution is 5.23. The monoisotopic (exact) mass is 280 g/mol. The molecule has 3 rings (SSSR count). The van der Waals surface area contributed by atoms with E-state index in [1.54, 1.807) is 0 Å². The van der Waals surface area contributed by atoms with E-state index in [4.69, 9.17) is 0 Å². The van der Waals surface area contributed by atoms with E-state index in [-0.39, 0.29) is 11.6 Å². The number of hydrogen-bond donors (Lipinski definition) is 1. The summed E-state index contributed by atoms with van der Waals surface area (Å²) in [5.74, 6) is -0.887. The predicted octanol–water partition coefficient (Wildman–Crippen LogP) is 3.24. The summed E-state index contributed by atoms with van der Waals surface area (Å²) in [4.78, 5) is 2.15. The second-order valence-electron chi connectivity index (χ2n) is 6.24. The summed E-state index contributed by atoms with van der Waals surface area (Å²) in [6, 6.07) is 5.44. The van der Waals surface area contributed by atoms with E-state index in [0.29, 0.717) is 18.1 Å². The Morgan fingerprint density at radius 3 is 2.25 bits per heavy atom. The summed E-state index contributed by atoms with van der Waals surface area (Å²) in [6.45, 7) is 1.89. The molecule has 2 heterocycles. The number of piperidine rings is 1. The molecule has 110 valence electrons. The molecule has 0 aromatic heterocycles. The summed E-state index contributed by atoms with van der Waals surface area (Å²) >= 11 is 0. The Hall–Kier alpha value is -1.00. The molecular weight excluding hydrogens is 258 g/mol. The van der Waals surface area contributed by atoms with E-state index in [0.717, 1.165) is 12.8 Å². The number of nitrogens with zero attached hydrogens (tertiary/aromatic N) is 1. The van der Waals surface area contributed by atoms with E-state index >= 15 is 0 Å². The fourth-order valence-corrected chi connectivity index (χ4v) is 3.79. The van der Waals surface area contributed by atoms with Gasteiger partial charge in [0.2, 0.25) is 0 Å². The smallest absolute Gasteiger partial charge is 0.130 e. The molecule has 0 amide bonds. The van der Waals surface area contributed by atoms with Gasteiger partial charge in [0.25, 0.3) is 0 Å². The lowest BCUT2D eigenvalue weighted by Crippen LogP contribution is -2.47. The van der Waals surface area contributed by atoms with Crippen LogP contribution in [-0.2, 0) is 0 Å². The van der Waals surface area contributed by atoms with E-state index in [2.05, 4.69) is 10.2 Å². The average Bonchev–Trinajstić information content (AvgIpc) is 2.76. The third kappa shape index (κ3) is 2.47. The van der Waals surface area contributed by atoms with Crippen LogP contribution in [0.15, 0.2) is 18.2 Å². The van der Waals surface area contributed by atoms with Crippen molar-refractivity contribution in [2.45, 2.75) is 56.8 Å². The molecule has 0 radical (unpaired) electrons. The molecule has 2 bridgehead atoms. The lowest BCUT2D eigenvalue weighted by Gasteiger charge is -2.39. The van der Waals surface area contributed by atoms with Gasteiger partial charge in [0.05, 0.1) is 0 Å². The van der Waals surface area contributed by atoms with Gasteiger partial charge in [0.15, 0.2) is 0 Å². The van der Waals surface area contributed by atoms with Gasteiger partial charge in [0.1, 0.15) is 11.6 Å². The average molecular weight is 280 g/mol. The van der Waals surface area contributed by atoms with Gasteiger partial charge >= 0.3 is 0 Å². The fourth-order valence-electron chi connectivity index (χ4n) is 3.79. The molecule has 1 aromatic rings. The van der Waals surface area contributed by atoms with Crippen molar-refractivity contribution in [3.05, 3.63) is 35.4 Å². The van der Waals surface area contributed by atoms with Crippen molar-refractivity contribution < 1.29 is 8.78 Å². The van der Waals surface area contributed by atoms with Gasteiger partial charge in [0, 0.05) is 29.7 Å². The molecule has 3 atom stereocenters. The van der Waals surface area contributed by atoms with Crippen molar-refractivity contribution >= 4 is 0 Å². The number of hydrogen-bond acceptors (Lipinski definition) is 2. The maximum Gasteiger partial charge on any atom is 0.130 e. The van der Waals surface area contributed by atoms with Gasteiger partial charge in [-0.2, -0.15) is 0 Å². The van der Waals surface area contributed by atoms with Crippen molar-refractivity contribution in [2.75, 3.05) is 7.05 Å². The summed E-state index contributed by atoms with van der Waals surface area (Å²) in [7, 11) is 1.99. The number of rotatable bonds is 3. The van der Waals surface area contributed by atoms with Gasteiger partial charge in [-0.3, -0.25) is 4.90 Å². The lowest BCUT2D eigenvalue weighted by molar-refractivity contribution is 0.128. The molecule has 2 nitrogen and oxygen atoms in total. The maximum atomic E-state index is 13.9. The molecule has 1 aromatic carbocycles. The molecule has 2 fully saturated rings. The summed E-state index contributed by atoms with van der Waals surface area (Å²) in [5, 5.41) is 3.60. The second kappa shape index (κ2) is 5.41. The van der Waals surface area contributed by atoms with Crippen LogP contribution in [0.5, 0.6) is 0 Å². The number of benzene rings is 1. The van der Waals surface area contributed by atoms with Crippen molar-refractivity contribution in [2.24, 2.45) is 0 Å². The van der Waals surface area contributed by atoms with E-state index in [9.17, 15) is 8.78 Å². The lowest BCUT2D eigenvalue weighted by atomic mass is 9.95. The van der Waals surface area contributed by atoms with Gasteiger partial charge in [-0.15, -0.1) is 0 Å². The van der Waals surface area contributed by atoms with Crippen molar-refractivity contribution in [1.82, 2.24) is 10.2 Å². The molecule has 0 spiro atoms. The highest BCUT2D eigenvalue weighted by atomic mass is 19.1. The molecular formula is C16H22F2N2. The SMILES string of the molecule is CC(c1c(F)cccc1F)N(C)C1CC2CCC(C1)N2. The Morgan fingerprint density at radius 1 is 1.15 bits per heavy atom. The topological polar surface area (TPSA) is 15.3 Å². The van der Waals surface area contributed by atoms with Crippen molar-refractivity contribution in [3.8, 4) is 0 Å². The van der Waals surface area contributed by atoms with Gasteiger partial charge in [-0.25, -0.2) is 8.78 Å².